The molecule has 1 aromatic carbocycles. The van der Waals surface area contributed by atoms with Crippen molar-refractivity contribution in [3.8, 4) is 0 Å². The number of halogens is 1. The molecular weight excluding hydrogens is 324 g/mol. The summed E-state index contributed by atoms with van der Waals surface area (Å²) in [5.74, 6) is 1.02. The van der Waals surface area contributed by atoms with E-state index in [4.69, 9.17) is 11.6 Å². The number of rotatable bonds is 4. The van der Waals surface area contributed by atoms with Crippen LogP contribution in [0.1, 0.15) is 25.7 Å². The molecule has 0 atom stereocenters. The standard InChI is InChI=1S/C13H13ClN6OS/c1-7(2)20-13(17-18-19-20)22-6-11-15-10-5-8(14)3-4-9(10)12(21)16-11/h3-5,7H,6H2,1-2H3,(H,15,16,21). The monoisotopic (exact) mass is 336 g/mol. The van der Waals surface area contributed by atoms with E-state index in [0.29, 0.717) is 32.7 Å². The molecule has 0 spiro atoms. The van der Waals surface area contributed by atoms with Gasteiger partial charge in [0.1, 0.15) is 5.82 Å². The van der Waals surface area contributed by atoms with Crippen molar-refractivity contribution in [2.75, 3.05) is 0 Å². The molecule has 3 aromatic rings. The molecule has 114 valence electrons. The minimum Gasteiger partial charge on any atom is -0.309 e. The molecule has 0 aliphatic heterocycles. The van der Waals surface area contributed by atoms with E-state index in [1.807, 2.05) is 13.8 Å². The van der Waals surface area contributed by atoms with Gasteiger partial charge in [0, 0.05) is 5.02 Å². The Morgan fingerprint density at radius 3 is 3.00 bits per heavy atom. The number of tetrazole rings is 1. The third-order valence-corrected chi connectivity index (χ3v) is 4.19. The molecule has 2 aromatic heterocycles. The van der Waals surface area contributed by atoms with Gasteiger partial charge in [0.25, 0.3) is 5.56 Å². The number of hydrogen-bond acceptors (Lipinski definition) is 6. The number of nitrogens with one attached hydrogen (secondary N) is 1. The lowest BCUT2D eigenvalue weighted by Gasteiger charge is -2.07. The van der Waals surface area contributed by atoms with Crippen LogP contribution >= 0.6 is 23.4 Å². The summed E-state index contributed by atoms with van der Waals surface area (Å²) in [5.41, 5.74) is 0.399. The lowest BCUT2D eigenvalue weighted by atomic mass is 10.2. The van der Waals surface area contributed by atoms with Crippen LogP contribution in [0.15, 0.2) is 28.2 Å². The quantitative estimate of drug-likeness (QED) is 0.736. The van der Waals surface area contributed by atoms with Gasteiger partial charge in [-0.2, -0.15) is 0 Å². The average Bonchev–Trinajstić information content (AvgIpc) is 2.93. The third-order valence-electron chi connectivity index (χ3n) is 3.01. The van der Waals surface area contributed by atoms with E-state index in [-0.39, 0.29) is 11.6 Å². The number of aromatic amines is 1. The molecule has 0 aliphatic rings. The van der Waals surface area contributed by atoms with E-state index < -0.39 is 0 Å². The fourth-order valence-electron chi connectivity index (χ4n) is 1.97. The van der Waals surface area contributed by atoms with Gasteiger partial charge in [-0.25, -0.2) is 9.67 Å². The SMILES string of the molecule is CC(C)n1nnnc1SCc1nc2cc(Cl)ccc2c(=O)[nH]1. The largest absolute Gasteiger partial charge is 0.309 e. The van der Waals surface area contributed by atoms with E-state index in [9.17, 15) is 4.79 Å². The Morgan fingerprint density at radius 2 is 2.23 bits per heavy atom. The number of hydrogen-bond donors (Lipinski definition) is 1. The minimum atomic E-state index is -0.180. The molecule has 0 fully saturated rings. The van der Waals surface area contributed by atoms with Gasteiger partial charge in [0.15, 0.2) is 0 Å². The van der Waals surface area contributed by atoms with E-state index in [1.165, 1.54) is 11.8 Å². The Hall–Kier alpha value is -1.93. The van der Waals surface area contributed by atoms with Crippen molar-refractivity contribution in [3.63, 3.8) is 0 Å². The van der Waals surface area contributed by atoms with Gasteiger partial charge in [-0.3, -0.25) is 4.79 Å². The molecule has 7 nitrogen and oxygen atoms in total. The predicted molar refractivity (Wildman–Crippen MR) is 85.1 cm³/mol. The van der Waals surface area contributed by atoms with Crippen LogP contribution in [0.4, 0.5) is 0 Å². The molecule has 3 rings (SSSR count). The van der Waals surface area contributed by atoms with Crippen molar-refractivity contribution in [2.24, 2.45) is 0 Å². The zero-order chi connectivity index (χ0) is 15.7. The molecule has 9 heteroatoms. The zero-order valence-corrected chi connectivity index (χ0v) is 13.5. The summed E-state index contributed by atoms with van der Waals surface area (Å²) in [6.07, 6.45) is 0. The maximum Gasteiger partial charge on any atom is 0.258 e. The predicted octanol–water partition coefficient (Wildman–Crippen LogP) is 2.44. The van der Waals surface area contributed by atoms with Gasteiger partial charge in [0.2, 0.25) is 5.16 Å². The Labute approximate surface area is 135 Å². The number of H-pyrrole nitrogens is 1. The lowest BCUT2D eigenvalue weighted by Crippen LogP contribution is -2.11. The number of fused-ring (bicyclic) bond motifs is 1. The van der Waals surface area contributed by atoms with E-state index >= 15 is 0 Å². The summed E-state index contributed by atoms with van der Waals surface area (Å²) in [6, 6.07) is 5.18. The Morgan fingerprint density at radius 1 is 1.41 bits per heavy atom. The van der Waals surface area contributed by atoms with E-state index in [0.717, 1.165) is 0 Å². The van der Waals surface area contributed by atoms with Crippen molar-refractivity contribution < 1.29 is 0 Å². The molecule has 0 unspecified atom stereocenters. The molecule has 0 amide bonds. The highest BCUT2D eigenvalue weighted by Crippen LogP contribution is 2.21. The number of thioether (sulfide) groups is 1. The molecule has 0 saturated carbocycles. The lowest BCUT2D eigenvalue weighted by molar-refractivity contribution is 0.477. The molecule has 0 aliphatic carbocycles. The summed E-state index contributed by atoms with van der Waals surface area (Å²) < 4.78 is 1.72. The van der Waals surface area contributed by atoms with Crippen LogP contribution in [0, 0.1) is 0 Å². The topological polar surface area (TPSA) is 89.3 Å². The van der Waals surface area contributed by atoms with Gasteiger partial charge >= 0.3 is 0 Å². The van der Waals surface area contributed by atoms with Crippen molar-refractivity contribution in [2.45, 2.75) is 30.8 Å². The first-order chi connectivity index (χ1) is 10.5. The Kier molecular flexibility index (Phi) is 4.12. The van der Waals surface area contributed by atoms with Crippen LogP contribution < -0.4 is 5.56 Å². The molecule has 0 bridgehead atoms. The van der Waals surface area contributed by atoms with Crippen molar-refractivity contribution >= 4 is 34.3 Å². The molecule has 1 N–H and O–H groups in total. The first kappa shape index (κ1) is 15.0. The molecule has 2 heterocycles. The maximum atomic E-state index is 12.1. The van der Waals surface area contributed by atoms with Crippen molar-refractivity contribution in [1.29, 1.82) is 0 Å². The summed E-state index contributed by atoms with van der Waals surface area (Å²) in [6.45, 7) is 4.00. The van der Waals surface area contributed by atoms with Crippen LogP contribution in [-0.2, 0) is 5.75 Å². The van der Waals surface area contributed by atoms with Gasteiger partial charge in [-0.1, -0.05) is 23.4 Å². The van der Waals surface area contributed by atoms with Gasteiger partial charge in [0.05, 0.1) is 22.7 Å². The highest BCUT2D eigenvalue weighted by molar-refractivity contribution is 7.98. The normalized spacial score (nSPS) is 11.5. The Bertz CT molecular complexity index is 874. The van der Waals surface area contributed by atoms with Gasteiger partial charge in [-0.05, 0) is 42.5 Å². The number of aromatic nitrogens is 6. The van der Waals surface area contributed by atoms with Crippen molar-refractivity contribution in [1.82, 2.24) is 30.2 Å². The fourth-order valence-corrected chi connectivity index (χ4v) is 3.01. The van der Waals surface area contributed by atoms with E-state index in [2.05, 4.69) is 25.5 Å². The smallest absolute Gasteiger partial charge is 0.258 e. The summed E-state index contributed by atoms with van der Waals surface area (Å²) in [5, 5.41) is 13.3. The second-order valence-corrected chi connectivity index (χ2v) is 6.34. The zero-order valence-electron chi connectivity index (χ0n) is 11.9. The molecule has 0 saturated heterocycles. The van der Waals surface area contributed by atoms with E-state index in [1.54, 1.807) is 22.9 Å². The summed E-state index contributed by atoms with van der Waals surface area (Å²) in [4.78, 5) is 19.3. The minimum absolute atomic E-state index is 0.167. The van der Waals surface area contributed by atoms with Crippen LogP contribution in [0.5, 0.6) is 0 Å². The molecule has 22 heavy (non-hydrogen) atoms. The van der Waals surface area contributed by atoms with Gasteiger partial charge < -0.3 is 4.98 Å². The number of nitrogens with zero attached hydrogens (tertiary/aromatic N) is 5. The maximum absolute atomic E-state index is 12.1. The fraction of sp³-hybridized carbons (Fsp3) is 0.308. The van der Waals surface area contributed by atoms with Crippen LogP contribution in [0.3, 0.4) is 0 Å². The summed E-state index contributed by atoms with van der Waals surface area (Å²) in [7, 11) is 0. The first-order valence-electron chi connectivity index (χ1n) is 6.63. The van der Waals surface area contributed by atoms with Crippen molar-refractivity contribution in [3.05, 3.63) is 39.4 Å². The number of benzene rings is 1. The highest BCUT2D eigenvalue weighted by Gasteiger charge is 2.11. The van der Waals surface area contributed by atoms with Crippen LogP contribution in [0.2, 0.25) is 5.02 Å². The highest BCUT2D eigenvalue weighted by atomic mass is 35.5. The Balaban J connectivity index is 1.88. The molecule has 0 radical (unpaired) electrons. The second kappa shape index (κ2) is 6.05. The third kappa shape index (κ3) is 2.97. The van der Waals surface area contributed by atoms with Crippen LogP contribution in [-0.4, -0.2) is 30.2 Å². The summed E-state index contributed by atoms with van der Waals surface area (Å²) >= 11 is 7.37. The average molecular weight is 337 g/mol. The van der Waals surface area contributed by atoms with Gasteiger partial charge in [-0.15, -0.1) is 5.10 Å². The first-order valence-corrected chi connectivity index (χ1v) is 8.00. The van der Waals surface area contributed by atoms with Crippen LogP contribution in [0.25, 0.3) is 10.9 Å². The second-order valence-electron chi connectivity index (χ2n) is 4.96. The molecular formula is C13H13ClN6OS.